The highest BCUT2D eigenvalue weighted by Crippen LogP contribution is 2.22. The number of carbonyl (C=O) groups excluding carboxylic acids is 1. The van der Waals surface area contributed by atoms with E-state index in [0.717, 1.165) is 43.6 Å². The van der Waals surface area contributed by atoms with Gasteiger partial charge in [-0.2, -0.15) is 5.10 Å². The highest BCUT2D eigenvalue weighted by molar-refractivity contribution is 5.79. The van der Waals surface area contributed by atoms with Gasteiger partial charge < -0.3 is 10.0 Å². The molecule has 21 heavy (non-hydrogen) atoms. The molecular formula is C16H27N3O2. The van der Waals surface area contributed by atoms with E-state index in [9.17, 15) is 9.90 Å². The van der Waals surface area contributed by atoms with Crippen LogP contribution in [0.4, 0.5) is 0 Å². The van der Waals surface area contributed by atoms with E-state index >= 15 is 0 Å². The Hall–Kier alpha value is -1.36. The van der Waals surface area contributed by atoms with Gasteiger partial charge in [0.25, 0.3) is 0 Å². The van der Waals surface area contributed by atoms with E-state index in [4.69, 9.17) is 0 Å². The number of aliphatic hydroxyl groups excluding tert-OH is 1. The van der Waals surface area contributed by atoms with Crippen molar-refractivity contribution < 1.29 is 9.90 Å². The van der Waals surface area contributed by atoms with Crippen LogP contribution in [0.1, 0.15) is 43.1 Å². The first-order valence-corrected chi connectivity index (χ1v) is 7.86. The van der Waals surface area contributed by atoms with Crippen LogP contribution in [0.15, 0.2) is 0 Å². The third kappa shape index (κ3) is 3.28. The van der Waals surface area contributed by atoms with Gasteiger partial charge in [-0.25, -0.2) is 0 Å². The molecule has 1 amide bonds. The lowest BCUT2D eigenvalue weighted by molar-refractivity contribution is -0.139. The zero-order chi connectivity index (χ0) is 15.6. The lowest BCUT2D eigenvalue weighted by atomic mass is 9.95. The van der Waals surface area contributed by atoms with Gasteiger partial charge in [0.05, 0.1) is 18.3 Å². The van der Waals surface area contributed by atoms with Crippen molar-refractivity contribution in [2.75, 3.05) is 13.2 Å². The van der Waals surface area contributed by atoms with Crippen molar-refractivity contribution in [3.63, 3.8) is 0 Å². The molecule has 2 atom stereocenters. The fourth-order valence-corrected chi connectivity index (χ4v) is 3.27. The highest BCUT2D eigenvalue weighted by atomic mass is 16.3. The van der Waals surface area contributed by atoms with Gasteiger partial charge in [0.1, 0.15) is 0 Å². The summed E-state index contributed by atoms with van der Waals surface area (Å²) in [5.74, 6) is 0.0927. The van der Waals surface area contributed by atoms with Crippen molar-refractivity contribution >= 4 is 5.91 Å². The molecular weight excluding hydrogens is 266 g/mol. The van der Waals surface area contributed by atoms with Crippen LogP contribution in [0, 0.1) is 19.8 Å². The third-order valence-corrected chi connectivity index (χ3v) is 4.71. The number of aliphatic hydroxyl groups is 1. The number of aromatic nitrogens is 2. The van der Waals surface area contributed by atoms with Crippen LogP contribution >= 0.6 is 0 Å². The summed E-state index contributed by atoms with van der Waals surface area (Å²) in [6.07, 6.45) is 3.78. The number of nitrogens with zero attached hydrogens (tertiary/aromatic N) is 3. The Morgan fingerprint density at radius 3 is 2.71 bits per heavy atom. The highest BCUT2D eigenvalue weighted by Gasteiger charge is 2.29. The molecule has 1 aliphatic heterocycles. The van der Waals surface area contributed by atoms with Crippen molar-refractivity contribution in [1.29, 1.82) is 0 Å². The fourth-order valence-electron chi connectivity index (χ4n) is 3.27. The maximum absolute atomic E-state index is 12.7. The number of rotatable bonds is 4. The van der Waals surface area contributed by atoms with Crippen LogP contribution in [0.2, 0.25) is 0 Å². The summed E-state index contributed by atoms with van der Waals surface area (Å²) in [6.45, 7) is 6.88. The number of carbonyl (C=O) groups is 1. The minimum Gasteiger partial charge on any atom is -0.394 e. The zero-order valence-corrected chi connectivity index (χ0v) is 13.6. The van der Waals surface area contributed by atoms with Crippen LogP contribution in [-0.4, -0.2) is 44.9 Å². The second-order valence-electron chi connectivity index (χ2n) is 6.24. The second kappa shape index (κ2) is 6.60. The molecule has 5 nitrogen and oxygen atoms in total. The third-order valence-electron chi connectivity index (χ3n) is 4.71. The van der Waals surface area contributed by atoms with Gasteiger partial charge in [-0.15, -0.1) is 0 Å². The molecule has 1 saturated heterocycles. The van der Waals surface area contributed by atoms with Gasteiger partial charge in [-0.05, 0) is 45.1 Å². The van der Waals surface area contributed by atoms with E-state index in [1.807, 2.05) is 37.4 Å². The van der Waals surface area contributed by atoms with E-state index < -0.39 is 0 Å². The first-order valence-electron chi connectivity index (χ1n) is 7.86. The minimum absolute atomic E-state index is 0.00444. The van der Waals surface area contributed by atoms with Crippen LogP contribution in [0.3, 0.4) is 0 Å². The minimum atomic E-state index is -0.0706. The maximum atomic E-state index is 12.7. The van der Waals surface area contributed by atoms with E-state index in [-0.39, 0.29) is 24.5 Å². The molecule has 2 heterocycles. The molecule has 1 aromatic rings. The monoisotopic (exact) mass is 293 g/mol. The molecule has 2 unspecified atom stereocenters. The predicted octanol–water partition coefficient (Wildman–Crippen LogP) is 1.59. The summed E-state index contributed by atoms with van der Waals surface area (Å²) >= 11 is 0. The van der Waals surface area contributed by atoms with E-state index in [1.54, 1.807) is 0 Å². The van der Waals surface area contributed by atoms with E-state index in [1.165, 1.54) is 5.56 Å². The number of piperidine rings is 1. The van der Waals surface area contributed by atoms with E-state index in [2.05, 4.69) is 5.10 Å². The Labute approximate surface area is 126 Å². The molecule has 0 bridgehead atoms. The topological polar surface area (TPSA) is 58.4 Å². The van der Waals surface area contributed by atoms with Crippen LogP contribution < -0.4 is 0 Å². The van der Waals surface area contributed by atoms with Crippen molar-refractivity contribution in [1.82, 2.24) is 14.7 Å². The van der Waals surface area contributed by atoms with Gasteiger partial charge >= 0.3 is 0 Å². The van der Waals surface area contributed by atoms with Crippen LogP contribution in [-0.2, 0) is 18.3 Å². The van der Waals surface area contributed by atoms with Crippen molar-refractivity contribution in [2.24, 2.45) is 13.0 Å². The standard InChI is InChI=1S/C16H27N3O2/c1-11(9-15-12(2)17-18(4)13(15)3)16(21)19-8-6-5-7-14(19)10-20/h11,14,20H,5-10H2,1-4H3. The second-order valence-corrected chi connectivity index (χ2v) is 6.24. The molecule has 5 heteroatoms. The molecule has 2 rings (SSSR count). The Bertz CT molecular complexity index is 510. The summed E-state index contributed by atoms with van der Waals surface area (Å²) < 4.78 is 1.87. The largest absolute Gasteiger partial charge is 0.394 e. The average Bonchev–Trinajstić information content (AvgIpc) is 2.72. The molecule has 1 N–H and O–H groups in total. The number of likely N-dealkylation sites (tertiary alicyclic amines) is 1. The number of aryl methyl sites for hydroxylation is 2. The Morgan fingerprint density at radius 2 is 2.14 bits per heavy atom. The normalized spacial score (nSPS) is 20.6. The summed E-state index contributed by atoms with van der Waals surface area (Å²) in [5.41, 5.74) is 3.31. The Kier molecular flexibility index (Phi) is 5.04. The molecule has 0 spiro atoms. The summed E-state index contributed by atoms with van der Waals surface area (Å²) in [4.78, 5) is 14.6. The fraction of sp³-hybridized carbons (Fsp3) is 0.750. The molecule has 0 aromatic carbocycles. The molecule has 0 aliphatic carbocycles. The number of hydrogen-bond donors (Lipinski definition) is 1. The zero-order valence-electron chi connectivity index (χ0n) is 13.6. The van der Waals surface area contributed by atoms with Crippen molar-refractivity contribution in [2.45, 2.75) is 52.5 Å². The van der Waals surface area contributed by atoms with E-state index in [0.29, 0.717) is 0 Å². The van der Waals surface area contributed by atoms with Crippen molar-refractivity contribution in [3.05, 3.63) is 17.0 Å². The quantitative estimate of drug-likeness (QED) is 0.917. The molecule has 0 radical (unpaired) electrons. The number of amides is 1. The summed E-state index contributed by atoms with van der Waals surface area (Å²) in [6, 6.07) is 0.00444. The van der Waals surface area contributed by atoms with Gasteiger partial charge in [-0.1, -0.05) is 6.92 Å². The average molecular weight is 293 g/mol. The molecule has 1 aromatic heterocycles. The summed E-state index contributed by atoms with van der Waals surface area (Å²) in [7, 11) is 1.94. The molecule has 0 saturated carbocycles. The lowest BCUT2D eigenvalue weighted by Gasteiger charge is -2.36. The maximum Gasteiger partial charge on any atom is 0.226 e. The van der Waals surface area contributed by atoms with Gasteiger partial charge in [-0.3, -0.25) is 9.48 Å². The molecule has 1 fully saturated rings. The predicted molar refractivity (Wildman–Crippen MR) is 82.0 cm³/mol. The number of hydrogen-bond acceptors (Lipinski definition) is 3. The van der Waals surface area contributed by atoms with Gasteiger partial charge in [0, 0.05) is 25.2 Å². The van der Waals surface area contributed by atoms with Gasteiger partial charge in [0.2, 0.25) is 5.91 Å². The van der Waals surface area contributed by atoms with Crippen LogP contribution in [0.25, 0.3) is 0 Å². The Balaban J connectivity index is 2.08. The van der Waals surface area contributed by atoms with Crippen molar-refractivity contribution in [3.8, 4) is 0 Å². The smallest absolute Gasteiger partial charge is 0.226 e. The lowest BCUT2D eigenvalue weighted by Crippen LogP contribution is -2.48. The Morgan fingerprint density at radius 1 is 1.43 bits per heavy atom. The SMILES string of the molecule is Cc1nn(C)c(C)c1CC(C)C(=O)N1CCCCC1CO. The first kappa shape index (κ1) is 16.0. The summed E-state index contributed by atoms with van der Waals surface area (Å²) in [5, 5.41) is 13.9. The molecule has 118 valence electrons. The van der Waals surface area contributed by atoms with Gasteiger partial charge in [0.15, 0.2) is 0 Å². The molecule has 1 aliphatic rings. The van der Waals surface area contributed by atoms with Crippen LogP contribution in [0.5, 0.6) is 0 Å². The first-order chi connectivity index (χ1) is 9.95.